The third-order valence-corrected chi connectivity index (χ3v) is 4.12. The molecule has 1 aromatic rings. The number of anilines is 1. The van der Waals surface area contributed by atoms with Gasteiger partial charge in [0.1, 0.15) is 6.61 Å². The first kappa shape index (κ1) is 15.6. The van der Waals surface area contributed by atoms with Crippen LogP contribution >= 0.6 is 0 Å². The van der Waals surface area contributed by atoms with Crippen molar-refractivity contribution >= 4 is 11.6 Å². The Morgan fingerprint density at radius 3 is 2.71 bits per heavy atom. The van der Waals surface area contributed by atoms with Gasteiger partial charge < -0.3 is 10.4 Å². The Hall–Kier alpha value is -1.79. The summed E-state index contributed by atoms with van der Waals surface area (Å²) in [5.74, 6) is 6.49. The zero-order valence-corrected chi connectivity index (χ0v) is 12.8. The lowest BCUT2D eigenvalue weighted by Crippen LogP contribution is -2.26. The summed E-state index contributed by atoms with van der Waals surface area (Å²) in [6.45, 7) is 4.05. The summed E-state index contributed by atoms with van der Waals surface area (Å²) < 4.78 is 0. The number of carbonyl (C=O) groups excluding carboxylic acids is 1. The highest BCUT2D eigenvalue weighted by atomic mass is 16.2. The first-order valence-electron chi connectivity index (χ1n) is 7.61. The van der Waals surface area contributed by atoms with Gasteiger partial charge in [0.15, 0.2) is 0 Å². The number of aryl methyl sites for hydroxylation is 1. The van der Waals surface area contributed by atoms with Crippen molar-refractivity contribution < 1.29 is 9.90 Å². The third kappa shape index (κ3) is 4.34. The van der Waals surface area contributed by atoms with Crippen LogP contribution in [-0.2, 0) is 4.79 Å². The monoisotopic (exact) mass is 285 g/mol. The molecule has 1 aromatic carbocycles. The number of hydrogen-bond acceptors (Lipinski definition) is 2. The van der Waals surface area contributed by atoms with Crippen LogP contribution in [0.25, 0.3) is 0 Å². The first-order chi connectivity index (χ1) is 10.1. The largest absolute Gasteiger partial charge is 0.384 e. The predicted octanol–water partition coefficient (Wildman–Crippen LogP) is 3.10. The molecule has 3 nitrogen and oxygen atoms in total. The quantitative estimate of drug-likeness (QED) is 0.820. The molecule has 21 heavy (non-hydrogen) atoms. The molecule has 1 aliphatic carbocycles. The molecule has 0 atom stereocenters. The van der Waals surface area contributed by atoms with Crippen LogP contribution in [0.3, 0.4) is 0 Å². The lowest BCUT2D eigenvalue weighted by Gasteiger charge is -2.25. The van der Waals surface area contributed by atoms with Crippen molar-refractivity contribution in [2.24, 2.45) is 11.8 Å². The van der Waals surface area contributed by atoms with Crippen LogP contribution in [0.1, 0.15) is 43.7 Å². The molecule has 1 fully saturated rings. The molecule has 2 N–H and O–H groups in total. The maximum absolute atomic E-state index is 12.4. The SMILES string of the molecule is Cc1ccc(NC(=O)C2CCC(C)CC2)c(C#CCO)c1. The molecule has 0 aromatic heterocycles. The maximum Gasteiger partial charge on any atom is 0.227 e. The van der Waals surface area contributed by atoms with Gasteiger partial charge in [-0.3, -0.25) is 4.79 Å². The smallest absolute Gasteiger partial charge is 0.227 e. The molecular formula is C18H23NO2. The van der Waals surface area contributed by atoms with E-state index in [1.807, 2.05) is 25.1 Å². The highest BCUT2D eigenvalue weighted by molar-refractivity contribution is 5.94. The normalized spacial score (nSPS) is 21.3. The second-order valence-corrected chi connectivity index (χ2v) is 5.95. The van der Waals surface area contributed by atoms with Gasteiger partial charge in [0, 0.05) is 11.5 Å². The van der Waals surface area contributed by atoms with Crippen LogP contribution in [0.4, 0.5) is 5.69 Å². The molecule has 1 aliphatic rings. The molecule has 112 valence electrons. The molecule has 2 rings (SSSR count). The average molecular weight is 285 g/mol. The minimum absolute atomic E-state index is 0.0952. The van der Waals surface area contributed by atoms with Gasteiger partial charge in [0.25, 0.3) is 0 Å². The average Bonchev–Trinajstić information content (AvgIpc) is 2.48. The summed E-state index contributed by atoms with van der Waals surface area (Å²) >= 11 is 0. The van der Waals surface area contributed by atoms with E-state index in [4.69, 9.17) is 5.11 Å². The Labute approximate surface area is 126 Å². The van der Waals surface area contributed by atoms with E-state index in [9.17, 15) is 4.79 Å². The van der Waals surface area contributed by atoms with E-state index in [-0.39, 0.29) is 18.4 Å². The molecule has 0 saturated heterocycles. The Kier molecular flexibility index (Phi) is 5.41. The van der Waals surface area contributed by atoms with Crippen molar-refractivity contribution in [2.45, 2.75) is 39.5 Å². The minimum atomic E-state index is -0.179. The second-order valence-electron chi connectivity index (χ2n) is 5.95. The van der Waals surface area contributed by atoms with Crippen LogP contribution in [-0.4, -0.2) is 17.6 Å². The van der Waals surface area contributed by atoms with Gasteiger partial charge in [-0.05, 0) is 56.2 Å². The van der Waals surface area contributed by atoms with Crippen LogP contribution in [0, 0.1) is 30.6 Å². The van der Waals surface area contributed by atoms with Gasteiger partial charge in [-0.1, -0.05) is 24.8 Å². The number of aliphatic hydroxyl groups excluding tert-OH is 1. The Morgan fingerprint density at radius 2 is 2.05 bits per heavy atom. The topological polar surface area (TPSA) is 49.3 Å². The van der Waals surface area contributed by atoms with Crippen LogP contribution in [0.2, 0.25) is 0 Å². The summed E-state index contributed by atoms with van der Waals surface area (Å²) in [6, 6.07) is 5.78. The highest BCUT2D eigenvalue weighted by Crippen LogP contribution is 2.29. The molecule has 0 radical (unpaired) electrons. The maximum atomic E-state index is 12.4. The van der Waals surface area contributed by atoms with Crippen molar-refractivity contribution in [3.05, 3.63) is 29.3 Å². The van der Waals surface area contributed by atoms with Crippen molar-refractivity contribution in [2.75, 3.05) is 11.9 Å². The lowest BCUT2D eigenvalue weighted by atomic mass is 9.82. The summed E-state index contributed by atoms with van der Waals surface area (Å²) in [4.78, 5) is 12.4. The Morgan fingerprint density at radius 1 is 1.33 bits per heavy atom. The fraction of sp³-hybridized carbons (Fsp3) is 0.500. The molecule has 0 aliphatic heterocycles. The van der Waals surface area contributed by atoms with E-state index in [1.54, 1.807) is 0 Å². The molecule has 1 amide bonds. The van der Waals surface area contributed by atoms with E-state index in [0.29, 0.717) is 0 Å². The van der Waals surface area contributed by atoms with Gasteiger partial charge in [0.2, 0.25) is 5.91 Å². The standard InChI is InChI=1S/C18H23NO2/c1-13-5-8-15(9-6-13)18(21)19-17-10-7-14(2)12-16(17)4-3-11-20/h7,10,12-13,15,20H,5-6,8-9,11H2,1-2H3,(H,19,21). The molecule has 0 bridgehead atoms. The number of carbonyl (C=O) groups is 1. The molecule has 0 heterocycles. The zero-order valence-electron chi connectivity index (χ0n) is 12.8. The van der Waals surface area contributed by atoms with Gasteiger partial charge in [0.05, 0.1) is 5.69 Å². The van der Waals surface area contributed by atoms with Gasteiger partial charge >= 0.3 is 0 Å². The Bertz CT molecular complexity index is 560. The second kappa shape index (κ2) is 7.28. The number of hydrogen-bond donors (Lipinski definition) is 2. The number of amides is 1. The van der Waals surface area contributed by atoms with E-state index < -0.39 is 0 Å². The predicted molar refractivity (Wildman–Crippen MR) is 84.9 cm³/mol. The van der Waals surface area contributed by atoms with Crippen molar-refractivity contribution in [3.8, 4) is 11.8 Å². The van der Waals surface area contributed by atoms with Crippen molar-refractivity contribution in [1.29, 1.82) is 0 Å². The summed E-state index contributed by atoms with van der Waals surface area (Å²) in [6.07, 6.45) is 4.19. The van der Waals surface area contributed by atoms with Gasteiger partial charge in [-0.25, -0.2) is 0 Å². The fourth-order valence-corrected chi connectivity index (χ4v) is 2.76. The first-order valence-corrected chi connectivity index (χ1v) is 7.61. The summed E-state index contributed by atoms with van der Waals surface area (Å²) in [7, 11) is 0. The van der Waals surface area contributed by atoms with E-state index in [2.05, 4.69) is 24.1 Å². The molecule has 3 heteroatoms. The van der Waals surface area contributed by atoms with Gasteiger partial charge in [-0.2, -0.15) is 0 Å². The molecule has 1 saturated carbocycles. The zero-order chi connectivity index (χ0) is 15.2. The lowest BCUT2D eigenvalue weighted by molar-refractivity contribution is -0.121. The number of benzene rings is 1. The fourth-order valence-electron chi connectivity index (χ4n) is 2.76. The molecule has 0 unspecified atom stereocenters. The molecule has 0 spiro atoms. The van der Waals surface area contributed by atoms with E-state index in [1.165, 1.54) is 0 Å². The third-order valence-electron chi connectivity index (χ3n) is 4.12. The van der Waals surface area contributed by atoms with Crippen LogP contribution in [0.5, 0.6) is 0 Å². The van der Waals surface area contributed by atoms with Crippen molar-refractivity contribution in [1.82, 2.24) is 0 Å². The number of nitrogens with one attached hydrogen (secondary N) is 1. The van der Waals surface area contributed by atoms with Crippen molar-refractivity contribution in [3.63, 3.8) is 0 Å². The van der Waals surface area contributed by atoms with Crippen LogP contribution in [0.15, 0.2) is 18.2 Å². The van der Waals surface area contributed by atoms with E-state index in [0.717, 1.165) is 48.4 Å². The molecular weight excluding hydrogens is 262 g/mol. The van der Waals surface area contributed by atoms with Gasteiger partial charge in [-0.15, -0.1) is 0 Å². The van der Waals surface area contributed by atoms with Crippen LogP contribution < -0.4 is 5.32 Å². The Balaban J connectivity index is 2.10. The van der Waals surface area contributed by atoms with E-state index >= 15 is 0 Å². The highest BCUT2D eigenvalue weighted by Gasteiger charge is 2.24. The number of rotatable bonds is 2. The summed E-state index contributed by atoms with van der Waals surface area (Å²) in [5.41, 5.74) is 2.59. The summed E-state index contributed by atoms with van der Waals surface area (Å²) in [5, 5.41) is 11.8. The number of aliphatic hydroxyl groups is 1. The minimum Gasteiger partial charge on any atom is -0.384 e.